The lowest BCUT2D eigenvalue weighted by molar-refractivity contribution is 0.0358. The Balaban J connectivity index is 1.95. The van der Waals surface area contributed by atoms with Crippen LogP contribution < -0.4 is 5.73 Å². The fourth-order valence-electron chi connectivity index (χ4n) is 3.31. The minimum Gasteiger partial charge on any atom is -0.388 e. The zero-order chi connectivity index (χ0) is 15.0. The van der Waals surface area contributed by atoms with Crippen LogP contribution in [0, 0.1) is 12.3 Å². The van der Waals surface area contributed by atoms with Crippen LogP contribution in [0.2, 0.25) is 5.02 Å². The molecule has 0 spiro atoms. The summed E-state index contributed by atoms with van der Waals surface area (Å²) in [5.41, 5.74) is 10.2. The van der Waals surface area contributed by atoms with Gasteiger partial charge in [0.05, 0.1) is 6.10 Å². The smallest absolute Gasteiger partial charge is 0.0865 e. The number of fused-ring (bicyclic) bond motifs is 1. The highest BCUT2D eigenvalue weighted by molar-refractivity contribution is 6.31. The molecule has 1 aliphatic rings. The van der Waals surface area contributed by atoms with Gasteiger partial charge in [-0.1, -0.05) is 48.0 Å². The second-order valence-electron chi connectivity index (χ2n) is 6.10. The first kappa shape index (κ1) is 14.6. The largest absolute Gasteiger partial charge is 0.388 e. The van der Waals surface area contributed by atoms with Gasteiger partial charge in [-0.05, 0) is 48.1 Å². The molecule has 1 unspecified atom stereocenters. The molecular weight excluding hydrogens is 282 g/mol. The molecule has 2 aromatic carbocycles. The predicted octanol–water partition coefficient (Wildman–Crippen LogP) is 3.43. The highest BCUT2D eigenvalue weighted by Crippen LogP contribution is 2.45. The molecule has 0 fully saturated rings. The molecule has 110 valence electrons. The van der Waals surface area contributed by atoms with E-state index in [1.54, 1.807) is 0 Å². The van der Waals surface area contributed by atoms with Gasteiger partial charge in [-0.15, -0.1) is 0 Å². The topological polar surface area (TPSA) is 46.2 Å². The van der Waals surface area contributed by atoms with Crippen molar-refractivity contribution >= 4 is 11.6 Å². The Kier molecular flexibility index (Phi) is 3.78. The van der Waals surface area contributed by atoms with Gasteiger partial charge in [-0.25, -0.2) is 0 Å². The quantitative estimate of drug-likeness (QED) is 0.912. The molecule has 3 N–H and O–H groups in total. The zero-order valence-electron chi connectivity index (χ0n) is 12.1. The SMILES string of the molecule is Cc1ccc(C(O)C2(CN)Cc3ccccc3C2)cc1Cl. The summed E-state index contributed by atoms with van der Waals surface area (Å²) in [7, 11) is 0. The van der Waals surface area contributed by atoms with Crippen molar-refractivity contribution in [1.82, 2.24) is 0 Å². The molecule has 0 heterocycles. The molecule has 2 aromatic rings. The fraction of sp³-hybridized carbons (Fsp3) is 0.333. The second kappa shape index (κ2) is 5.45. The number of rotatable bonds is 3. The number of aliphatic hydroxyl groups is 1. The predicted molar refractivity (Wildman–Crippen MR) is 86.5 cm³/mol. The average molecular weight is 302 g/mol. The number of hydrogen-bond donors (Lipinski definition) is 2. The molecule has 3 heteroatoms. The third-order valence-electron chi connectivity index (χ3n) is 4.70. The monoisotopic (exact) mass is 301 g/mol. The van der Waals surface area contributed by atoms with Crippen molar-refractivity contribution in [1.29, 1.82) is 0 Å². The van der Waals surface area contributed by atoms with Crippen molar-refractivity contribution in [2.75, 3.05) is 6.54 Å². The first-order chi connectivity index (χ1) is 10.1. The van der Waals surface area contributed by atoms with Gasteiger partial charge >= 0.3 is 0 Å². The molecule has 2 nitrogen and oxygen atoms in total. The van der Waals surface area contributed by atoms with Crippen molar-refractivity contribution in [3.05, 3.63) is 69.7 Å². The first-order valence-electron chi connectivity index (χ1n) is 7.27. The van der Waals surface area contributed by atoms with Gasteiger partial charge in [0, 0.05) is 17.0 Å². The molecule has 0 aromatic heterocycles. The lowest BCUT2D eigenvalue weighted by Crippen LogP contribution is -2.37. The van der Waals surface area contributed by atoms with E-state index in [9.17, 15) is 5.11 Å². The Morgan fingerprint density at radius 1 is 1.19 bits per heavy atom. The maximum atomic E-state index is 10.9. The van der Waals surface area contributed by atoms with Crippen LogP contribution >= 0.6 is 11.6 Å². The van der Waals surface area contributed by atoms with Crippen LogP contribution in [-0.4, -0.2) is 11.7 Å². The molecule has 0 amide bonds. The Morgan fingerprint density at radius 2 is 1.81 bits per heavy atom. The number of hydrogen-bond acceptors (Lipinski definition) is 2. The van der Waals surface area contributed by atoms with Gasteiger partial charge in [0.25, 0.3) is 0 Å². The summed E-state index contributed by atoms with van der Waals surface area (Å²) in [6.07, 6.45) is 1.02. The van der Waals surface area contributed by atoms with Gasteiger partial charge in [-0.2, -0.15) is 0 Å². The minimum atomic E-state index is -0.604. The molecule has 0 radical (unpaired) electrons. The molecule has 21 heavy (non-hydrogen) atoms. The summed E-state index contributed by atoms with van der Waals surface area (Å²) in [6.45, 7) is 2.41. The van der Waals surface area contributed by atoms with Crippen molar-refractivity contribution in [2.45, 2.75) is 25.9 Å². The summed E-state index contributed by atoms with van der Waals surface area (Å²) < 4.78 is 0. The molecular formula is C18H20ClNO. The molecule has 0 aliphatic heterocycles. The highest BCUT2D eigenvalue weighted by atomic mass is 35.5. The summed E-state index contributed by atoms with van der Waals surface area (Å²) >= 11 is 6.20. The highest BCUT2D eigenvalue weighted by Gasteiger charge is 2.42. The maximum Gasteiger partial charge on any atom is 0.0865 e. The van der Waals surface area contributed by atoms with Crippen LogP contribution in [-0.2, 0) is 12.8 Å². The van der Waals surface area contributed by atoms with E-state index in [1.807, 2.05) is 37.3 Å². The Labute approximate surface area is 130 Å². The summed E-state index contributed by atoms with van der Waals surface area (Å²) in [6, 6.07) is 14.1. The zero-order valence-corrected chi connectivity index (χ0v) is 12.9. The number of halogens is 1. The Morgan fingerprint density at radius 3 is 2.33 bits per heavy atom. The summed E-state index contributed by atoms with van der Waals surface area (Å²) in [5.74, 6) is 0. The van der Waals surface area contributed by atoms with Crippen molar-refractivity contribution in [3.63, 3.8) is 0 Å². The van der Waals surface area contributed by atoms with Crippen LogP contribution in [0.25, 0.3) is 0 Å². The van der Waals surface area contributed by atoms with Gasteiger partial charge in [0.1, 0.15) is 0 Å². The minimum absolute atomic E-state index is 0.331. The standard InChI is InChI=1S/C18H20ClNO/c1-12-6-7-13(8-16(12)19)17(21)18(11-20)9-14-4-2-3-5-15(14)10-18/h2-8,17,21H,9-11,20H2,1H3. The third kappa shape index (κ3) is 2.48. The number of aliphatic hydroxyl groups excluding tert-OH is 1. The Bertz CT molecular complexity index is 643. The molecule has 0 saturated carbocycles. The first-order valence-corrected chi connectivity index (χ1v) is 7.64. The third-order valence-corrected chi connectivity index (χ3v) is 5.11. The van der Waals surface area contributed by atoms with Crippen LogP contribution in [0.4, 0.5) is 0 Å². The lowest BCUT2D eigenvalue weighted by Gasteiger charge is -2.33. The van der Waals surface area contributed by atoms with Gasteiger partial charge in [0.2, 0.25) is 0 Å². The van der Waals surface area contributed by atoms with Crippen LogP contribution in [0.1, 0.15) is 28.4 Å². The Hall–Kier alpha value is -1.35. The van der Waals surface area contributed by atoms with Crippen molar-refractivity contribution in [3.8, 4) is 0 Å². The van der Waals surface area contributed by atoms with Crippen molar-refractivity contribution < 1.29 is 5.11 Å². The molecule has 3 rings (SSSR count). The van der Waals surface area contributed by atoms with E-state index in [4.69, 9.17) is 17.3 Å². The number of aryl methyl sites for hydroxylation is 1. The van der Waals surface area contributed by atoms with E-state index in [0.717, 1.165) is 24.0 Å². The van der Waals surface area contributed by atoms with Crippen LogP contribution in [0.15, 0.2) is 42.5 Å². The van der Waals surface area contributed by atoms with Crippen LogP contribution in [0.3, 0.4) is 0 Å². The van der Waals surface area contributed by atoms with Gasteiger partial charge in [0.15, 0.2) is 0 Å². The summed E-state index contributed by atoms with van der Waals surface area (Å²) in [5, 5.41) is 11.6. The lowest BCUT2D eigenvalue weighted by atomic mass is 9.76. The molecule has 1 atom stereocenters. The number of benzene rings is 2. The molecule has 0 bridgehead atoms. The fourth-order valence-corrected chi connectivity index (χ4v) is 3.49. The maximum absolute atomic E-state index is 10.9. The number of nitrogens with two attached hydrogens (primary N) is 1. The summed E-state index contributed by atoms with van der Waals surface area (Å²) in [4.78, 5) is 0. The van der Waals surface area contributed by atoms with Gasteiger partial charge in [-0.3, -0.25) is 0 Å². The van der Waals surface area contributed by atoms with E-state index >= 15 is 0 Å². The average Bonchev–Trinajstić information content (AvgIpc) is 2.89. The van der Waals surface area contributed by atoms with Crippen LogP contribution in [0.5, 0.6) is 0 Å². The van der Waals surface area contributed by atoms with E-state index in [1.165, 1.54) is 11.1 Å². The normalized spacial score (nSPS) is 17.5. The van der Waals surface area contributed by atoms with E-state index < -0.39 is 6.10 Å². The molecule has 1 aliphatic carbocycles. The van der Waals surface area contributed by atoms with E-state index in [0.29, 0.717) is 11.6 Å². The van der Waals surface area contributed by atoms with E-state index in [2.05, 4.69) is 12.1 Å². The van der Waals surface area contributed by atoms with Gasteiger partial charge < -0.3 is 10.8 Å². The second-order valence-corrected chi connectivity index (χ2v) is 6.51. The van der Waals surface area contributed by atoms with E-state index in [-0.39, 0.29) is 5.41 Å². The molecule has 0 saturated heterocycles. The van der Waals surface area contributed by atoms with Crippen molar-refractivity contribution in [2.24, 2.45) is 11.1 Å².